The van der Waals surface area contributed by atoms with Crippen LogP contribution in [0.2, 0.25) is 0 Å². The van der Waals surface area contributed by atoms with Crippen LogP contribution in [0.1, 0.15) is 63.4 Å². The fourth-order valence-corrected chi connectivity index (χ4v) is 3.55. The highest BCUT2D eigenvalue weighted by molar-refractivity contribution is 5.30. The zero-order valence-electron chi connectivity index (χ0n) is 13.7. The van der Waals surface area contributed by atoms with E-state index in [1.165, 1.54) is 38.2 Å². The monoisotopic (exact) mass is 292 g/mol. The van der Waals surface area contributed by atoms with E-state index in [1.807, 2.05) is 6.92 Å². The summed E-state index contributed by atoms with van der Waals surface area (Å²) in [7, 11) is 2.10. The van der Waals surface area contributed by atoms with Crippen LogP contribution in [0.15, 0.2) is 10.9 Å². The molecule has 0 spiro atoms. The topological polar surface area (TPSA) is 45.5 Å². The highest BCUT2D eigenvalue weighted by atomic mass is 16.3. The highest BCUT2D eigenvalue weighted by Gasteiger charge is 2.22. The number of aromatic nitrogens is 1. The minimum atomic E-state index is -0.267. The van der Waals surface area contributed by atoms with Crippen LogP contribution >= 0.6 is 0 Å². The molecule has 0 amide bonds. The Balaban J connectivity index is 2.31. The fourth-order valence-electron chi connectivity index (χ4n) is 3.55. The molecule has 4 nitrogen and oxygen atoms in total. The minimum Gasteiger partial charge on any atom is -0.503 e. The van der Waals surface area contributed by atoms with Crippen molar-refractivity contribution in [3.05, 3.63) is 27.7 Å². The normalized spacial score (nSPS) is 16.9. The average Bonchev–Trinajstić information content (AvgIpc) is 2.44. The standard InChI is InChI=1S/C17H28N2O2/c1-12(2)19-13(3)10-16(20)17(21)15(19)11-18(4)14-8-6-5-7-9-14/h10,12,14,21H,5-9,11H2,1-4H3. The van der Waals surface area contributed by atoms with Crippen LogP contribution in [0.25, 0.3) is 0 Å². The van der Waals surface area contributed by atoms with Crippen LogP contribution in [-0.4, -0.2) is 27.7 Å². The first-order valence-electron chi connectivity index (χ1n) is 8.06. The average molecular weight is 292 g/mol. The van der Waals surface area contributed by atoms with Crippen molar-refractivity contribution in [2.75, 3.05) is 7.05 Å². The van der Waals surface area contributed by atoms with Gasteiger partial charge in [0.05, 0.1) is 5.69 Å². The minimum absolute atomic E-state index is 0.0861. The van der Waals surface area contributed by atoms with Crippen molar-refractivity contribution in [1.29, 1.82) is 0 Å². The lowest BCUT2D eigenvalue weighted by molar-refractivity contribution is 0.177. The van der Waals surface area contributed by atoms with Gasteiger partial charge in [-0.05, 0) is 40.7 Å². The fraction of sp³-hybridized carbons (Fsp3) is 0.706. The number of hydrogen-bond donors (Lipinski definition) is 1. The maximum atomic E-state index is 11.9. The van der Waals surface area contributed by atoms with E-state index in [9.17, 15) is 9.90 Å². The van der Waals surface area contributed by atoms with Crippen molar-refractivity contribution in [3.8, 4) is 5.75 Å². The number of aryl methyl sites for hydroxylation is 1. The van der Waals surface area contributed by atoms with Gasteiger partial charge in [0.1, 0.15) is 0 Å². The second-order valence-corrected chi connectivity index (χ2v) is 6.62. The summed E-state index contributed by atoms with van der Waals surface area (Å²) in [5.41, 5.74) is 1.40. The molecule has 0 bridgehead atoms. The van der Waals surface area contributed by atoms with Gasteiger partial charge in [0.25, 0.3) is 0 Å². The van der Waals surface area contributed by atoms with Crippen LogP contribution in [0.3, 0.4) is 0 Å². The molecule has 0 radical (unpaired) electrons. The molecular formula is C17H28N2O2. The van der Waals surface area contributed by atoms with Gasteiger partial charge in [-0.25, -0.2) is 0 Å². The Morgan fingerprint density at radius 2 is 1.95 bits per heavy atom. The summed E-state index contributed by atoms with van der Waals surface area (Å²) in [6.07, 6.45) is 6.33. The second kappa shape index (κ2) is 6.65. The molecule has 0 aromatic carbocycles. The molecule has 1 aliphatic rings. The summed E-state index contributed by atoms with van der Waals surface area (Å²) in [6, 6.07) is 2.32. The zero-order valence-corrected chi connectivity index (χ0v) is 13.7. The Labute approximate surface area is 127 Å². The van der Waals surface area contributed by atoms with Crippen molar-refractivity contribution in [3.63, 3.8) is 0 Å². The maximum absolute atomic E-state index is 11.9. The van der Waals surface area contributed by atoms with Gasteiger partial charge in [0.15, 0.2) is 5.75 Å². The maximum Gasteiger partial charge on any atom is 0.223 e. The molecule has 4 heteroatoms. The Morgan fingerprint density at radius 3 is 2.52 bits per heavy atom. The van der Waals surface area contributed by atoms with Gasteiger partial charge in [-0.2, -0.15) is 0 Å². The number of pyridine rings is 1. The van der Waals surface area contributed by atoms with Gasteiger partial charge in [-0.1, -0.05) is 19.3 Å². The third-order valence-electron chi connectivity index (χ3n) is 4.63. The zero-order chi connectivity index (χ0) is 15.6. The molecule has 2 rings (SSSR count). The Kier molecular flexibility index (Phi) is 5.09. The first kappa shape index (κ1) is 16.1. The molecule has 21 heavy (non-hydrogen) atoms. The predicted octanol–water partition coefficient (Wildman–Crippen LogP) is 3.21. The van der Waals surface area contributed by atoms with Crippen molar-refractivity contribution in [2.45, 2.75) is 71.5 Å². The van der Waals surface area contributed by atoms with Crippen molar-refractivity contribution >= 4 is 0 Å². The lowest BCUT2D eigenvalue weighted by Gasteiger charge is -2.32. The van der Waals surface area contributed by atoms with Crippen LogP contribution in [0.4, 0.5) is 0 Å². The largest absolute Gasteiger partial charge is 0.503 e. The van der Waals surface area contributed by atoms with E-state index in [1.54, 1.807) is 0 Å². The van der Waals surface area contributed by atoms with E-state index in [4.69, 9.17) is 0 Å². The molecule has 0 saturated heterocycles. The molecule has 1 aromatic rings. The van der Waals surface area contributed by atoms with E-state index in [2.05, 4.69) is 30.4 Å². The van der Waals surface area contributed by atoms with Gasteiger partial charge >= 0.3 is 0 Å². The van der Waals surface area contributed by atoms with Gasteiger partial charge in [-0.3, -0.25) is 9.69 Å². The molecule has 1 saturated carbocycles. The molecule has 0 unspecified atom stereocenters. The lowest BCUT2D eigenvalue weighted by atomic mass is 9.94. The van der Waals surface area contributed by atoms with Crippen LogP contribution in [-0.2, 0) is 6.54 Å². The number of nitrogens with zero attached hydrogens (tertiary/aromatic N) is 2. The lowest BCUT2D eigenvalue weighted by Crippen LogP contribution is -2.34. The smallest absolute Gasteiger partial charge is 0.223 e. The van der Waals surface area contributed by atoms with Gasteiger partial charge in [0, 0.05) is 30.4 Å². The number of aromatic hydroxyl groups is 1. The van der Waals surface area contributed by atoms with Gasteiger partial charge in [-0.15, -0.1) is 0 Å². The summed E-state index contributed by atoms with van der Waals surface area (Å²) in [6.45, 7) is 6.73. The molecule has 0 aliphatic heterocycles. The van der Waals surface area contributed by atoms with Crippen molar-refractivity contribution in [1.82, 2.24) is 9.47 Å². The quantitative estimate of drug-likeness (QED) is 0.927. The molecule has 1 fully saturated rings. The molecule has 118 valence electrons. The summed E-state index contributed by atoms with van der Waals surface area (Å²) < 4.78 is 2.08. The molecule has 1 heterocycles. The summed E-state index contributed by atoms with van der Waals surface area (Å²) in [5, 5.41) is 10.2. The first-order chi connectivity index (χ1) is 9.91. The first-order valence-corrected chi connectivity index (χ1v) is 8.06. The van der Waals surface area contributed by atoms with E-state index in [-0.39, 0.29) is 17.2 Å². The molecule has 1 aliphatic carbocycles. The third-order valence-corrected chi connectivity index (χ3v) is 4.63. The second-order valence-electron chi connectivity index (χ2n) is 6.62. The van der Waals surface area contributed by atoms with E-state index >= 15 is 0 Å². The molecule has 1 aromatic heterocycles. The van der Waals surface area contributed by atoms with Crippen LogP contribution < -0.4 is 5.43 Å². The van der Waals surface area contributed by atoms with E-state index in [0.29, 0.717) is 12.6 Å². The van der Waals surface area contributed by atoms with E-state index < -0.39 is 0 Å². The number of rotatable bonds is 4. The Bertz CT molecular complexity index is 542. The summed E-state index contributed by atoms with van der Waals surface area (Å²) >= 11 is 0. The van der Waals surface area contributed by atoms with Crippen LogP contribution in [0, 0.1) is 6.92 Å². The van der Waals surface area contributed by atoms with E-state index in [0.717, 1.165) is 11.4 Å². The summed E-state index contributed by atoms with van der Waals surface area (Å²) in [4.78, 5) is 14.2. The molecular weight excluding hydrogens is 264 g/mol. The van der Waals surface area contributed by atoms with Gasteiger partial charge < -0.3 is 9.67 Å². The van der Waals surface area contributed by atoms with Crippen LogP contribution in [0.5, 0.6) is 5.75 Å². The van der Waals surface area contributed by atoms with Crippen molar-refractivity contribution in [2.24, 2.45) is 0 Å². The van der Waals surface area contributed by atoms with Gasteiger partial charge in [0.2, 0.25) is 5.43 Å². The third kappa shape index (κ3) is 3.49. The summed E-state index contributed by atoms with van der Waals surface area (Å²) in [5.74, 6) is -0.0861. The Morgan fingerprint density at radius 1 is 1.33 bits per heavy atom. The molecule has 0 atom stereocenters. The highest BCUT2D eigenvalue weighted by Crippen LogP contribution is 2.26. The number of hydrogen-bond acceptors (Lipinski definition) is 3. The molecule has 1 N–H and O–H groups in total. The SMILES string of the molecule is Cc1cc(=O)c(O)c(CN(C)C2CCCCC2)n1C(C)C. The predicted molar refractivity (Wildman–Crippen MR) is 85.8 cm³/mol. The van der Waals surface area contributed by atoms with Crippen molar-refractivity contribution < 1.29 is 5.11 Å². The Hall–Kier alpha value is -1.29.